The van der Waals surface area contributed by atoms with Gasteiger partial charge in [-0.3, -0.25) is 10.1 Å². The molecule has 0 spiro atoms. The van der Waals surface area contributed by atoms with Gasteiger partial charge in [-0.25, -0.2) is 0 Å². The van der Waals surface area contributed by atoms with Gasteiger partial charge >= 0.3 is 0 Å². The minimum atomic E-state index is 0.0480. The fraction of sp³-hybridized carbons (Fsp3) is 0.938. The van der Waals surface area contributed by atoms with Crippen molar-refractivity contribution in [3.8, 4) is 0 Å². The lowest BCUT2D eigenvalue weighted by Gasteiger charge is -2.26. The summed E-state index contributed by atoms with van der Waals surface area (Å²) in [5.41, 5.74) is 0. The van der Waals surface area contributed by atoms with E-state index in [2.05, 4.69) is 44.8 Å². The first-order valence-electron chi connectivity index (χ1n) is 8.07. The third-order valence-corrected chi connectivity index (χ3v) is 4.90. The van der Waals surface area contributed by atoms with E-state index in [-0.39, 0.29) is 12.2 Å². The Bertz CT molecular complexity index is 329. The number of nitrogens with zero attached hydrogens (tertiary/aromatic N) is 1. The fourth-order valence-corrected chi connectivity index (χ4v) is 3.35. The van der Waals surface area contributed by atoms with E-state index in [0.717, 1.165) is 18.8 Å². The Morgan fingerprint density at radius 2 is 2.00 bits per heavy atom. The van der Waals surface area contributed by atoms with Crippen molar-refractivity contribution in [2.24, 2.45) is 17.8 Å². The van der Waals surface area contributed by atoms with Crippen molar-refractivity contribution in [2.45, 2.75) is 78.6 Å². The molecule has 1 saturated carbocycles. The molecule has 1 amide bonds. The highest BCUT2D eigenvalue weighted by molar-refractivity contribution is 5.85. The van der Waals surface area contributed by atoms with Crippen molar-refractivity contribution in [3.63, 3.8) is 0 Å². The summed E-state index contributed by atoms with van der Waals surface area (Å²) in [5, 5.41) is 3.62. The summed E-state index contributed by atoms with van der Waals surface area (Å²) in [4.78, 5) is 14.9. The maximum Gasteiger partial charge on any atom is 0.241 e. The van der Waals surface area contributed by atoms with Gasteiger partial charge in [0, 0.05) is 6.04 Å². The fourth-order valence-electron chi connectivity index (χ4n) is 3.35. The van der Waals surface area contributed by atoms with E-state index < -0.39 is 0 Å². The summed E-state index contributed by atoms with van der Waals surface area (Å²) >= 11 is 0. The van der Waals surface area contributed by atoms with Crippen LogP contribution in [0.5, 0.6) is 0 Å². The van der Waals surface area contributed by atoms with Crippen LogP contribution in [0, 0.1) is 17.8 Å². The molecule has 3 nitrogen and oxygen atoms in total. The molecule has 2 aliphatic rings. The largest absolute Gasteiger partial charge is 0.323 e. The average molecular weight is 266 g/mol. The Morgan fingerprint density at radius 3 is 2.47 bits per heavy atom. The minimum Gasteiger partial charge on any atom is -0.323 e. The number of carbonyl (C=O) groups excluding carboxylic acids is 1. The van der Waals surface area contributed by atoms with Crippen molar-refractivity contribution in [1.29, 1.82) is 0 Å². The van der Waals surface area contributed by atoms with Crippen LogP contribution >= 0.6 is 0 Å². The Morgan fingerprint density at radius 1 is 1.32 bits per heavy atom. The maximum atomic E-state index is 12.7. The third-order valence-electron chi connectivity index (χ3n) is 4.90. The van der Waals surface area contributed by atoms with E-state index in [0.29, 0.717) is 23.8 Å². The second-order valence-corrected chi connectivity index (χ2v) is 6.89. The Hall–Kier alpha value is -0.570. The van der Waals surface area contributed by atoms with Gasteiger partial charge in [0.05, 0.1) is 12.2 Å². The molecule has 0 bridgehead atoms. The van der Waals surface area contributed by atoms with Crippen LogP contribution < -0.4 is 5.32 Å². The summed E-state index contributed by atoms with van der Waals surface area (Å²) in [6, 6.07) is 0.565. The third kappa shape index (κ3) is 2.96. The highest BCUT2D eigenvalue weighted by Crippen LogP contribution is 2.42. The SMILES string of the molecule is CCC(C)C1NC(CC(C)C)N(C2CC2CC)C1=O. The Kier molecular flexibility index (Phi) is 4.54. The van der Waals surface area contributed by atoms with Gasteiger partial charge in [-0.05, 0) is 30.6 Å². The molecule has 5 atom stereocenters. The van der Waals surface area contributed by atoms with E-state index in [4.69, 9.17) is 0 Å². The summed E-state index contributed by atoms with van der Waals surface area (Å²) in [6.07, 6.45) is 4.83. The van der Waals surface area contributed by atoms with Crippen molar-refractivity contribution in [3.05, 3.63) is 0 Å². The van der Waals surface area contributed by atoms with Gasteiger partial charge in [-0.1, -0.05) is 47.5 Å². The summed E-state index contributed by atoms with van der Waals surface area (Å²) in [7, 11) is 0. The van der Waals surface area contributed by atoms with Crippen molar-refractivity contribution in [2.75, 3.05) is 0 Å². The summed E-state index contributed by atoms with van der Waals surface area (Å²) in [5.74, 6) is 2.17. The van der Waals surface area contributed by atoms with Gasteiger partial charge in [0.1, 0.15) is 0 Å². The van der Waals surface area contributed by atoms with E-state index in [1.54, 1.807) is 0 Å². The van der Waals surface area contributed by atoms with Crippen LogP contribution in [0.15, 0.2) is 0 Å². The van der Waals surface area contributed by atoms with Crippen LogP contribution in [0.4, 0.5) is 0 Å². The first kappa shape index (κ1) is 14.8. The summed E-state index contributed by atoms with van der Waals surface area (Å²) in [6.45, 7) is 11.1. The molecule has 0 aromatic carbocycles. The lowest BCUT2D eigenvalue weighted by Crippen LogP contribution is -2.40. The zero-order valence-corrected chi connectivity index (χ0v) is 13.1. The Balaban J connectivity index is 2.09. The molecule has 0 aromatic rings. The highest BCUT2D eigenvalue weighted by atomic mass is 16.2. The summed E-state index contributed by atoms with van der Waals surface area (Å²) < 4.78 is 0. The molecular formula is C16H30N2O. The number of carbonyl (C=O) groups is 1. The number of nitrogens with one attached hydrogen (secondary N) is 1. The van der Waals surface area contributed by atoms with Gasteiger partial charge in [0.15, 0.2) is 0 Å². The number of hydrogen-bond acceptors (Lipinski definition) is 2. The molecule has 3 heteroatoms. The lowest BCUT2D eigenvalue weighted by atomic mass is 9.99. The second kappa shape index (κ2) is 5.82. The van der Waals surface area contributed by atoms with Gasteiger partial charge in [0.25, 0.3) is 0 Å². The first-order chi connectivity index (χ1) is 8.99. The maximum absolute atomic E-state index is 12.7. The molecule has 0 aromatic heterocycles. The van der Waals surface area contributed by atoms with Crippen LogP contribution in [0.25, 0.3) is 0 Å². The molecule has 2 rings (SSSR count). The minimum absolute atomic E-state index is 0.0480. The molecule has 1 aliphatic heterocycles. The lowest BCUT2D eigenvalue weighted by molar-refractivity contribution is -0.131. The molecule has 1 N–H and O–H groups in total. The van der Waals surface area contributed by atoms with Gasteiger partial charge in [0.2, 0.25) is 5.91 Å². The van der Waals surface area contributed by atoms with Crippen molar-refractivity contribution in [1.82, 2.24) is 10.2 Å². The molecule has 110 valence electrons. The highest BCUT2D eigenvalue weighted by Gasteiger charge is 2.51. The number of amides is 1. The molecule has 1 aliphatic carbocycles. The van der Waals surface area contributed by atoms with E-state index >= 15 is 0 Å². The van der Waals surface area contributed by atoms with Gasteiger partial charge in [-0.2, -0.15) is 0 Å². The first-order valence-corrected chi connectivity index (χ1v) is 8.07. The quantitative estimate of drug-likeness (QED) is 0.801. The van der Waals surface area contributed by atoms with Crippen LogP contribution in [0.2, 0.25) is 0 Å². The average Bonchev–Trinajstić information content (AvgIpc) is 3.06. The van der Waals surface area contributed by atoms with E-state index in [1.807, 2.05) is 0 Å². The zero-order chi connectivity index (χ0) is 14.2. The smallest absolute Gasteiger partial charge is 0.241 e. The number of hydrogen-bond donors (Lipinski definition) is 1. The topological polar surface area (TPSA) is 32.3 Å². The normalized spacial score (nSPS) is 36.1. The second-order valence-electron chi connectivity index (χ2n) is 6.89. The molecule has 19 heavy (non-hydrogen) atoms. The number of rotatable bonds is 6. The molecule has 0 radical (unpaired) electrons. The van der Waals surface area contributed by atoms with E-state index in [1.165, 1.54) is 12.8 Å². The Labute approximate surface area is 118 Å². The molecular weight excluding hydrogens is 236 g/mol. The molecule has 2 fully saturated rings. The predicted molar refractivity (Wildman–Crippen MR) is 78.7 cm³/mol. The van der Waals surface area contributed by atoms with Gasteiger partial charge in [-0.15, -0.1) is 0 Å². The standard InChI is InChI=1S/C16H30N2O/c1-6-11(5)15-16(19)18(13-9-12(13)7-2)14(17-15)8-10(3)4/h10-15,17H,6-9H2,1-5H3. The molecule has 5 unspecified atom stereocenters. The van der Waals surface area contributed by atoms with Crippen molar-refractivity contribution >= 4 is 5.91 Å². The van der Waals surface area contributed by atoms with Crippen LogP contribution in [0.1, 0.15) is 60.3 Å². The monoisotopic (exact) mass is 266 g/mol. The molecule has 1 heterocycles. The van der Waals surface area contributed by atoms with E-state index in [9.17, 15) is 4.79 Å². The predicted octanol–water partition coefficient (Wildman–Crippen LogP) is 3.00. The molecule has 1 saturated heterocycles. The van der Waals surface area contributed by atoms with Crippen LogP contribution in [-0.2, 0) is 4.79 Å². The van der Waals surface area contributed by atoms with Gasteiger partial charge < -0.3 is 4.90 Å². The van der Waals surface area contributed by atoms with Crippen LogP contribution in [0.3, 0.4) is 0 Å². The van der Waals surface area contributed by atoms with Crippen LogP contribution in [-0.4, -0.2) is 29.1 Å². The van der Waals surface area contributed by atoms with Crippen molar-refractivity contribution < 1.29 is 4.79 Å². The zero-order valence-electron chi connectivity index (χ0n) is 13.1.